The largest absolute Gasteiger partial charge is 0.395 e. The maximum absolute atomic E-state index is 12.9. The van der Waals surface area contributed by atoms with Gasteiger partial charge in [0, 0.05) is 23.9 Å². The number of aliphatic hydroxyl groups excluding tert-OH is 1. The van der Waals surface area contributed by atoms with Gasteiger partial charge < -0.3 is 10.0 Å². The van der Waals surface area contributed by atoms with E-state index in [1.807, 2.05) is 18.2 Å². The Hall–Kier alpha value is -2.04. The fraction of sp³-hybridized carbons (Fsp3) is 0.381. The van der Waals surface area contributed by atoms with E-state index >= 15 is 0 Å². The molecule has 1 atom stereocenters. The van der Waals surface area contributed by atoms with Crippen molar-refractivity contribution in [2.24, 2.45) is 0 Å². The fourth-order valence-corrected chi connectivity index (χ4v) is 3.64. The second-order valence-corrected chi connectivity index (χ2v) is 6.86. The van der Waals surface area contributed by atoms with Crippen LogP contribution in [0.25, 0.3) is 0 Å². The zero-order valence-electron chi connectivity index (χ0n) is 14.3. The van der Waals surface area contributed by atoms with Crippen LogP contribution in [0.5, 0.6) is 0 Å². The second kappa shape index (κ2) is 7.89. The topological polar surface area (TPSA) is 40.5 Å². The molecule has 1 aliphatic rings. The Morgan fingerprint density at radius 1 is 1.12 bits per heavy atom. The van der Waals surface area contributed by atoms with E-state index in [9.17, 15) is 14.3 Å². The van der Waals surface area contributed by atoms with E-state index in [4.69, 9.17) is 0 Å². The zero-order chi connectivity index (χ0) is 17.7. The summed E-state index contributed by atoms with van der Waals surface area (Å²) in [7, 11) is 0. The Bertz CT molecular complexity index is 702. The number of benzene rings is 2. The lowest BCUT2D eigenvalue weighted by atomic mass is 9.80. The predicted octanol–water partition coefficient (Wildman–Crippen LogP) is 3.42. The van der Waals surface area contributed by atoms with Crippen molar-refractivity contribution >= 4 is 5.78 Å². The average molecular weight is 341 g/mol. The average Bonchev–Trinajstić information content (AvgIpc) is 3.08. The van der Waals surface area contributed by atoms with Crippen LogP contribution in [0.1, 0.15) is 35.2 Å². The van der Waals surface area contributed by atoms with Gasteiger partial charge in [0.15, 0.2) is 5.78 Å². The first kappa shape index (κ1) is 17.8. The molecule has 132 valence electrons. The zero-order valence-corrected chi connectivity index (χ0v) is 14.3. The van der Waals surface area contributed by atoms with Crippen molar-refractivity contribution in [3.05, 3.63) is 71.5 Å². The fourth-order valence-electron chi connectivity index (χ4n) is 3.64. The third-order valence-electron chi connectivity index (χ3n) is 5.17. The van der Waals surface area contributed by atoms with Gasteiger partial charge in [-0.25, -0.2) is 4.39 Å². The normalized spacial score (nSPS) is 20.7. The number of carbonyl (C=O) groups is 1. The number of rotatable bonds is 7. The SMILES string of the molecule is O=C(CCCN1CCC(CO)(c2ccccc2)C1)c1ccc(F)cc1. The van der Waals surface area contributed by atoms with Gasteiger partial charge in [-0.15, -0.1) is 0 Å². The van der Waals surface area contributed by atoms with Gasteiger partial charge in [-0.3, -0.25) is 4.79 Å². The van der Waals surface area contributed by atoms with Crippen LogP contribution in [0.4, 0.5) is 4.39 Å². The molecule has 1 heterocycles. The Morgan fingerprint density at radius 3 is 2.52 bits per heavy atom. The van der Waals surface area contributed by atoms with Crippen LogP contribution in [0.3, 0.4) is 0 Å². The maximum Gasteiger partial charge on any atom is 0.162 e. The summed E-state index contributed by atoms with van der Waals surface area (Å²) in [5, 5.41) is 9.96. The first-order chi connectivity index (χ1) is 12.1. The van der Waals surface area contributed by atoms with Crippen LogP contribution >= 0.6 is 0 Å². The summed E-state index contributed by atoms with van der Waals surface area (Å²) in [4.78, 5) is 14.5. The molecule has 2 aromatic rings. The number of hydrogen-bond acceptors (Lipinski definition) is 3. The van der Waals surface area contributed by atoms with E-state index in [0.29, 0.717) is 12.0 Å². The molecule has 0 aliphatic carbocycles. The number of hydrogen-bond donors (Lipinski definition) is 1. The van der Waals surface area contributed by atoms with Gasteiger partial charge in [-0.05, 0) is 55.8 Å². The maximum atomic E-state index is 12.9. The number of aliphatic hydroxyl groups is 1. The van der Waals surface area contributed by atoms with Gasteiger partial charge >= 0.3 is 0 Å². The molecule has 2 aromatic carbocycles. The van der Waals surface area contributed by atoms with Crippen LogP contribution in [-0.2, 0) is 5.41 Å². The highest BCUT2D eigenvalue weighted by atomic mass is 19.1. The number of likely N-dealkylation sites (tertiary alicyclic amines) is 1. The quantitative estimate of drug-likeness (QED) is 0.785. The van der Waals surface area contributed by atoms with Gasteiger partial charge in [0.2, 0.25) is 0 Å². The highest BCUT2D eigenvalue weighted by molar-refractivity contribution is 5.95. The van der Waals surface area contributed by atoms with E-state index in [1.165, 1.54) is 17.7 Å². The molecule has 25 heavy (non-hydrogen) atoms. The monoisotopic (exact) mass is 341 g/mol. The summed E-state index contributed by atoms with van der Waals surface area (Å²) in [6.45, 7) is 2.72. The molecule has 1 N–H and O–H groups in total. The van der Waals surface area contributed by atoms with Gasteiger partial charge in [0.25, 0.3) is 0 Å². The van der Waals surface area contributed by atoms with Gasteiger partial charge in [0.05, 0.1) is 6.61 Å². The summed E-state index contributed by atoms with van der Waals surface area (Å²) < 4.78 is 12.9. The van der Waals surface area contributed by atoms with Gasteiger partial charge in [0.1, 0.15) is 5.82 Å². The van der Waals surface area contributed by atoms with Crippen molar-refractivity contribution in [3.8, 4) is 0 Å². The lowest BCUT2D eigenvalue weighted by molar-refractivity contribution is 0.0975. The summed E-state index contributed by atoms with van der Waals surface area (Å²) in [6, 6.07) is 15.9. The van der Waals surface area contributed by atoms with Crippen LogP contribution in [0.2, 0.25) is 0 Å². The molecule has 1 unspecified atom stereocenters. The summed E-state index contributed by atoms with van der Waals surface area (Å²) in [5.74, 6) is -0.273. The van der Waals surface area contributed by atoms with Crippen molar-refractivity contribution in [2.75, 3.05) is 26.2 Å². The van der Waals surface area contributed by atoms with Crippen molar-refractivity contribution < 1.29 is 14.3 Å². The molecular weight excluding hydrogens is 317 g/mol. The molecule has 3 rings (SSSR count). The smallest absolute Gasteiger partial charge is 0.162 e. The minimum absolute atomic E-state index is 0.0516. The third kappa shape index (κ3) is 4.14. The Balaban J connectivity index is 1.51. The number of ketones is 1. The molecule has 1 saturated heterocycles. The second-order valence-electron chi connectivity index (χ2n) is 6.86. The van der Waals surface area contributed by atoms with Crippen molar-refractivity contribution in [1.29, 1.82) is 0 Å². The number of Topliss-reactive ketones (excluding diaryl/α,β-unsaturated/α-hetero) is 1. The third-order valence-corrected chi connectivity index (χ3v) is 5.17. The molecule has 1 aliphatic heterocycles. The Kier molecular flexibility index (Phi) is 5.61. The van der Waals surface area contributed by atoms with Crippen molar-refractivity contribution in [3.63, 3.8) is 0 Å². The number of nitrogens with zero attached hydrogens (tertiary/aromatic N) is 1. The van der Waals surface area contributed by atoms with E-state index in [1.54, 1.807) is 12.1 Å². The minimum Gasteiger partial charge on any atom is -0.395 e. The molecule has 0 amide bonds. The standard InChI is InChI=1S/C21H24FNO2/c22-19-10-8-17(9-11-19)20(25)7-4-13-23-14-12-21(15-23,16-24)18-5-2-1-3-6-18/h1-3,5-6,8-11,24H,4,7,12-16H2. The van der Waals surface area contributed by atoms with E-state index in [-0.39, 0.29) is 23.6 Å². The highest BCUT2D eigenvalue weighted by Crippen LogP contribution is 2.34. The molecular formula is C21H24FNO2. The van der Waals surface area contributed by atoms with Gasteiger partial charge in [-0.1, -0.05) is 30.3 Å². The molecule has 0 radical (unpaired) electrons. The van der Waals surface area contributed by atoms with E-state index < -0.39 is 0 Å². The van der Waals surface area contributed by atoms with Crippen LogP contribution < -0.4 is 0 Å². The summed E-state index contributed by atoms with van der Waals surface area (Å²) in [5.41, 5.74) is 1.56. The number of halogens is 1. The predicted molar refractivity (Wildman–Crippen MR) is 96.2 cm³/mol. The molecule has 0 saturated carbocycles. The lowest BCUT2D eigenvalue weighted by Gasteiger charge is -2.28. The molecule has 0 aromatic heterocycles. The first-order valence-electron chi connectivity index (χ1n) is 8.80. The molecule has 4 heteroatoms. The summed E-state index contributed by atoms with van der Waals surface area (Å²) in [6.07, 6.45) is 2.16. The summed E-state index contributed by atoms with van der Waals surface area (Å²) >= 11 is 0. The Morgan fingerprint density at radius 2 is 1.84 bits per heavy atom. The lowest BCUT2D eigenvalue weighted by Crippen LogP contribution is -2.35. The van der Waals surface area contributed by atoms with Gasteiger partial charge in [-0.2, -0.15) is 0 Å². The van der Waals surface area contributed by atoms with Crippen LogP contribution in [0.15, 0.2) is 54.6 Å². The van der Waals surface area contributed by atoms with Crippen molar-refractivity contribution in [2.45, 2.75) is 24.7 Å². The van der Waals surface area contributed by atoms with Crippen LogP contribution in [0, 0.1) is 5.82 Å². The molecule has 0 bridgehead atoms. The van der Waals surface area contributed by atoms with Crippen LogP contribution in [-0.4, -0.2) is 42.0 Å². The minimum atomic E-state index is -0.324. The van der Waals surface area contributed by atoms with Crippen molar-refractivity contribution in [1.82, 2.24) is 4.90 Å². The molecule has 1 fully saturated rings. The molecule has 0 spiro atoms. The number of carbonyl (C=O) groups excluding carboxylic acids is 1. The highest BCUT2D eigenvalue weighted by Gasteiger charge is 2.38. The first-order valence-corrected chi connectivity index (χ1v) is 8.80. The van der Waals surface area contributed by atoms with E-state index in [2.05, 4.69) is 17.0 Å². The van der Waals surface area contributed by atoms with E-state index in [0.717, 1.165) is 32.5 Å². The molecule has 3 nitrogen and oxygen atoms in total. The Labute approximate surface area is 148 Å².